The molecule has 1 heterocycles. The fourth-order valence-corrected chi connectivity index (χ4v) is 1.64. The van der Waals surface area contributed by atoms with E-state index >= 15 is 0 Å². The average Bonchev–Trinajstić information content (AvgIpc) is 2.51. The average molecular weight is 168 g/mol. The number of carbonyl (C=O) groups is 1. The molecule has 0 saturated carbocycles. The van der Waals surface area contributed by atoms with E-state index in [0.717, 1.165) is 13.0 Å². The second kappa shape index (κ2) is 4.38. The number of rotatable bonds is 4. The van der Waals surface area contributed by atoms with Gasteiger partial charge in [0.25, 0.3) is 0 Å². The number of hydrogen-bond donors (Lipinski definition) is 2. The van der Waals surface area contributed by atoms with Crippen LogP contribution in [0.3, 0.4) is 0 Å². The number of hydrogen-bond acceptors (Lipinski definition) is 3. The lowest BCUT2D eigenvalue weighted by Crippen LogP contribution is -2.33. The molecule has 0 aromatic heterocycles. The summed E-state index contributed by atoms with van der Waals surface area (Å²) in [5.41, 5.74) is 0. The van der Waals surface area contributed by atoms with Crippen LogP contribution in [0.4, 0.5) is 0 Å². The third-order valence-electron chi connectivity index (χ3n) is 2.29. The van der Waals surface area contributed by atoms with Gasteiger partial charge in [0.05, 0.1) is 6.54 Å². The van der Waals surface area contributed by atoms with E-state index < -0.39 is 0 Å². The summed E-state index contributed by atoms with van der Waals surface area (Å²) in [4.78, 5) is 11.5. The number of nitrogens with one attached hydrogen (secondary N) is 2. The standard InChI is InChI=1S/C9H16N2O/c1-3-8-7(4-5-11-8)9(12)6-10-2/h3,7-8,10-11H,1,4-6H2,2H3. The molecule has 0 aliphatic carbocycles. The molecule has 1 fully saturated rings. The second-order valence-electron chi connectivity index (χ2n) is 3.11. The van der Waals surface area contributed by atoms with Gasteiger partial charge in [-0.25, -0.2) is 0 Å². The smallest absolute Gasteiger partial charge is 0.151 e. The predicted octanol–water partition coefficient (Wildman–Crippen LogP) is -0.0610. The summed E-state index contributed by atoms with van der Waals surface area (Å²) in [6.45, 7) is 5.10. The van der Waals surface area contributed by atoms with Crippen molar-refractivity contribution in [3.05, 3.63) is 12.7 Å². The maximum atomic E-state index is 11.5. The lowest BCUT2D eigenvalue weighted by Gasteiger charge is -2.13. The van der Waals surface area contributed by atoms with Crippen molar-refractivity contribution < 1.29 is 4.79 Å². The Morgan fingerprint density at radius 1 is 1.83 bits per heavy atom. The fourth-order valence-electron chi connectivity index (χ4n) is 1.64. The van der Waals surface area contributed by atoms with Crippen molar-refractivity contribution in [3.63, 3.8) is 0 Å². The van der Waals surface area contributed by atoms with Gasteiger partial charge in [0.1, 0.15) is 0 Å². The molecule has 0 radical (unpaired) electrons. The minimum Gasteiger partial charge on any atom is -0.313 e. The number of likely N-dealkylation sites (N-methyl/N-ethyl adjacent to an activating group) is 1. The summed E-state index contributed by atoms with van der Waals surface area (Å²) in [6.07, 6.45) is 2.77. The molecule has 1 rings (SSSR count). The summed E-state index contributed by atoms with van der Waals surface area (Å²) >= 11 is 0. The van der Waals surface area contributed by atoms with Gasteiger partial charge in [-0.3, -0.25) is 4.79 Å². The molecule has 1 aliphatic rings. The first-order valence-electron chi connectivity index (χ1n) is 4.33. The highest BCUT2D eigenvalue weighted by Gasteiger charge is 2.29. The summed E-state index contributed by atoms with van der Waals surface area (Å²) < 4.78 is 0. The molecule has 2 unspecified atom stereocenters. The fraction of sp³-hybridized carbons (Fsp3) is 0.667. The van der Waals surface area contributed by atoms with Crippen LogP contribution < -0.4 is 10.6 Å². The summed E-state index contributed by atoms with van der Waals surface area (Å²) in [5.74, 6) is 0.419. The van der Waals surface area contributed by atoms with E-state index in [1.54, 1.807) is 7.05 Å². The first-order valence-corrected chi connectivity index (χ1v) is 4.33. The van der Waals surface area contributed by atoms with E-state index in [2.05, 4.69) is 17.2 Å². The molecule has 2 atom stereocenters. The molecule has 12 heavy (non-hydrogen) atoms. The Kier molecular flexibility index (Phi) is 3.44. The first-order chi connectivity index (χ1) is 5.79. The van der Waals surface area contributed by atoms with Gasteiger partial charge in [0.2, 0.25) is 0 Å². The van der Waals surface area contributed by atoms with Gasteiger partial charge < -0.3 is 10.6 Å². The molecular formula is C9H16N2O. The van der Waals surface area contributed by atoms with Gasteiger partial charge in [-0.1, -0.05) is 6.08 Å². The van der Waals surface area contributed by atoms with E-state index in [1.165, 1.54) is 0 Å². The lowest BCUT2D eigenvalue weighted by atomic mass is 9.96. The number of carbonyl (C=O) groups excluding carboxylic acids is 1. The predicted molar refractivity (Wildman–Crippen MR) is 49.0 cm³/mol. The van der Waals surface area contributed by atoms with Gasteiger partial charge in [-0.05, 0) is 20.0 Å². The van der Waals surface area contributed by atoms with E-state index in [4.69, 9.17) is 0 Å². The van der Waals surface area contributed by atoms with Crippen molar-refractivity contribution in [3.8, 4) is 0 Å². The molecule has 68 valence electrons. The van der Waals surface area contributed by atoms with Crippen molar-refractivity contribution >= 4 is 5.78 Å². The Morgan fingerprint density at radius 3 is 3.17 bits per heavy atom. The lowest BCUT2D eigenvalue weighted by molar-refractivity contribution is -0.121. The highest BCUT2D eigenvalue weighted by Crippen LogP contribution is 2.16. The van der Waals surface area contributed by atoms with Crippen LogP contribution in [0.5, 0.6) is 0 Å². The molecule has 0 aromatic rings. The van der Waals surface area contributed by atoms with Crippen LogP contribution in [-0.4, -0.2) is 32.0 Å². The van der Waals surface area contributed by atoms with Crippen LogP contribution >= 0.6 is 0 Å². The topological polar surface area (TPSA) is 41.1 Å². The van der Waals surface area contributed by atoms with Crippen molar-refractivity contribution in [1.82, 2.24) is 10.6 Å². The molecule has 0 amide bonds. The van der Waals surface area contributed by atoms with E-state index in [-0.39, 0.29) is 17.7 Å². The Bertz CT molecular complexity index is 179. The number of ketones is 1. The molecule has 1 aliphatic heterocycles. The van der Waals surface area contributed by atoms with Crippen LogP contribution in [0.2, 0.25) is 0 Å². The van der Waals surface area contributed by atoms with Crippen molar-refractivity contribution in [1.29, 1.82) is 0 Å². The Hall–Kier alpha value is -0.670. The molecule has 3 heteroatoms. The van der Waals surface area contributed by atoms with Gasteiger partial charge in [0.15, 0.2) is 5.78 Å². The van der Waals surface area contributed by atoms with Crippen LogP contribution in [0, 0.1) is 5.92 Å². The minimum atomic E-state index is 0.134. The maximum absolute atomic E-state index is 11.5. The van der Waals surface area contributed by atoms with Crippen LogP contribution in [-0.2, 0) is 4.79 Å². The third-order valence-corrected chi connectivity index (χ3v) is 2.29. The summed E-state index contributed by atoms with van der Waals surface area (Å²) in [7, 11) is 1.79. The normalized spacial score (nSPS) is 28.8. The monoisotopic (exact) mass is 168 g/mol. The van der Waals surface area contributed by atoms with Gasteiger partial charge in [-0.15, -0.1) is 6.58 Å². The Labute approximate surface area is 73.2 Å². The number of Topliss-reactive ketones (excluding diaryl/α,β-unsaturated/α-hetero) is 1. The van der Waals surface area contributed by atoms with Crippen molar-refractivity contribution in [2.24, 2.45) is 5.92 Å². The molecule has 0 aromatic carbocycles. The van der Waals surface area contributed by atoms with E-state index in [1.807, 2.05) is 6.08 Å². The highest BCUT2D eigenvalue weighted by molar-refractivity contribution is 5.84. The van der Waals surface area contributed by atoms with Gasteiger partial charge in [-0.2, -0.15) is 0 Å². The molecular weight excluding hydrogens is 152 g/mol. The molecule has 0 spiro atoms. The van der Waals surface area contributed by atoms with E-state index in [0.29, 0.717) is 6.54 Å². The van der Waals surface area contributed by atoms with Crippen molar-refractivity contribution in [2.75, 3.05) is 20.1 Å². The van der Waals surface area contributed by atoms with E-state index in [9.17, 15) is 4.79 Å². The van der Waals surface area contributed by atoms with Crippen LogP contribution in [0.1, 0.15) is 6.42 Å². The SMILES string of the molecule is C=CC1NCCC1C(=O)CNC. The molecule has 0 bridgehead atoms. The Balaban J connectivity index is 2.49. The highest BCUT2D eigenvalue weighted by atomic mass is 16.1. The van der Waals surface area contributed by atoms with Gasteiger partial charge in [0, 0.05) is 12.0 Å². The van der Waals surface area contributed by atoms with Crippen LogP contribution in [0.15, 0.2) is 12.7 Å². The maximum Gasteiger partial charge on any atom is 0.151 e. The second-order valence-corrected chi connectivity index (χ2v) is 3.11. The zero-order valence-corrected chi connectivity index (χ0v) is 7.47. The largest absolute Gasteiger partial charge is 0.313 e. The van der Waals surface area contributed by atoms with Crippen molar-refractivity contribution in [2.45, 2.75) is 12.5 Å². The molecule has 1 saturated heterocycles. The minimum absolute atomic E-state index is 0.134. The van der Waals surface area contributed by atoms with Gasteiger partial charge >= 0.3 is 0 Å². The Morgan fingerprint density at radius 2 is 2.58 bits per heavy atom. The molecule has 3 nitrogen and oxygen atoms in total. The first kappa shape index (κ1) is 9.42. The zero-order valence-electron chi connectivity index (χ0n) is 7.47. The quantitative estimate of drug-likeness (QED) is 0.578. The third kappa shape index (κ3) is 1.93. The van der Waals surface area contributed by atoms with Crippen LogP contribution in [0.25, 0.3) is 0 Å². The summed E-state index contributed by atoms with van der Waals surface area (Å²) in [5, 5.41) is 6.11. The summed E-state index contributed by atoms with van der Waals surface area (Å²) in [6, 6.07) is 0.186. The zero-order chi connectivity index (χ0) is 8.97. The molecule has 2 N–H and O–H groups in total.